The largest absolute Gasteiger partial charge is 0.496 e. The zero-order valence-corrected chi connectivity index (χ0v) is 23.5. The smallest absolute Gasteiger partial charge is 0.124 e. The van der Waals surface area contributed by atoms with Crippen LogP contribution in [0.3, 0.4) is 0 Å². The molecule has 0 unspecified atom stereocenters. The van der Waals surface area contributed by atoms with Crippen molar-refractivity contribution in [3.63, 3.8) is 0 Å². The number of benzene rings is 2. The van der Waals surface area contributed by atoms with Crippen molar-refractivity contribution in [3.05, 3.63) is 59.7 Å². The topological polar surface area (TPSA) is 80.6 Å². The number of ether oxygens (including phenoxy) is 4. The fourth-order valence-electron chi connectivity index (χ4n) is 7.78. The molecule has 4 fully saturated rings. The average Bonchev–Trinajstić information content (AvgIpc) is 2.92. The zero-order valence-electron chi connectivity index (χ0n) is 23.5. The van der Waals surface area contributed by atoms with Crippen molar-refractivity contribution in [3.8, 4) is 11.5 Å². The van der Waals surface area contributed by atoms with Crippen LogP contribution in [-0.4, -0.2) is 73.4 Å². The molecule has 0 radical (unpaired) electrons. The van der Waals surface area contributed by atoms with Gasteiger partial charge in [0.05, 0.1) is 52.9 Å². The van der Waals surface area contributed by atoms with E-state index in [1.165, 1.54) is 38.5 Å². The zero-order chi connectivity index (χ0) is 27.2. The molecule has 4 aliphatic carbocycles. The molecule has 7 heteroatoms. The first kappa shape index (κ1) is 28.4. The second-order valence-corrected chi connectivity index (χ2v) is 12.0. The van der Waals surface area contributed by atoms with Gasteiger partial charge in [-0.1, -0.05) is 36.4 Å². The summed E-state index contributed by atoms with van der Waals surface area (Å²) in [5, 5.41) is 22.2. The first-order chi connectivity index (χ1) is 19.0. The minimum atomic E-state index is -0.644. The molecule has 214 valence electrons. The minimum Gasteiger partial charge on any atom is -0.496 e. The normalized spacial score (nSPS) is 27.1. The van der Waals surface area contributed by atoms with E-state index < -0.39 is 12.2 Å². The van der Waals surface area contributed by atoms with E-state index in [4.69, 9.17) is 18.9 Å². The average molecular weight is 540 g/mol. The van der Waals surface area contributed by atoms with Gasteiger partial charge >= 0.3 is 0 Å². The number of aliphatic hydroxyl groups excluding tert-OH is 2. The summed E-state index contributed by atoms with van der Waals surface area (Å²) in [7, 11) is 3.31. The van der Waals surface area contributed by atoms with Crippen LogP contribution in [0.15, 0.2) is 48.5 Å². The predicted molar refractivity (Wildman–Crippen MR) is 150 cm³/mol. The van der Waals surface area contributed by atoms with Crippen LogP contribution in [0.1, 0.15) is 49.7 Å². The van der Waals surface area contributed by atoms with E-state index in [0.717, 1.165) is 40.4 Å². The number of hydrogen-bond donors (Lipinski definition) is 2. The quantitative estimate of drug-likeness (QED) is 0.347. The van der Waals surface area contributed by atoms with E-state index >= 15 is 0 Å². The molecule has 7 nitrogen and oxygen atoms in total. The molecule has 2 aromatic carbocycles. The first-order valence-electron chi connectivity index (χ1n) is 14.5. The molecular weight excluding hydrogens is 494 g/mol. The number of methoxy groups -OCH3 is 2. The Labute approximate surface area is 233 Å². The molecule has 4 bridgehead atoms. The predicted octanol–water partition coefficient (Wildman–Crippen LogP) is 4.43. The third-order valence-electron chi connectivity index (χ3n) is 9.06. The van der Waals surface area contributed by atoms with Crippen molar-refractivity contribution in [2.75, 3.05) is 40.5 Å². The summed E-state index contributed by atoms with van der Waals surface area (Å²) < 4.78 is 22.7. The van der Waals surface area contributed by atoms with Gasteiger partial charge in [0, 0.05) is 29.8 Å². The summed E-state index contributed by atoms with van der Waals surface area (Å²) in [6.45, 7) is 2.22. The summed E-state index contributed by atoms with van der Waals surface area (Å²) >= 11 is 0. The summed E-state index contributed by atoms with van der Waals surface area (Å²) in [6.07, 6.45) is 6.27. The minimum absolute atomic E-state index is 0.0576. The van der Waals surface area contributed by atoms with Gasteiger partial charge in [-0.05, 0) is 68.4 Å². The standard InChI is InChI=1S/C32H45NO6/c1-36-30-9-5-3-7-26(30)19-38-21-28(34)17-33(32-14-23-11-24(15-32)13-25(12-23)16-32)18-29(35)22-39-20-27-8-4-6-10-31(27)37-2/h3-10,23-25,28-29,34-35H,11-22H2,1-2H3/t23?,24?,25?,28-,29+,32?. The maximum absolute atomic E-state index is 11.1. The number of nitrogens with zero attached hydrogens (tertiary/aromatic N) is 1. The van der Waals surface area contributed by atoms with Gasteiger partial charge in [-0.2, -0.15) is 0 Å². The van der Waals surface area contributed by atoms with Crippen LogP contribution < -0.4 is 9.47 Å². The van der Waals surface area contributed by atoms with Crippen LogP contribution in [0.5, 0.6) is 11.5 Å². The Morgan fingerprint density at radius 2 is 1.13 bits per heavy atom. The second-order valence-electron chi connectivity index (χ2n) is 12.0. The Hall–Kier alpha value is -2.16. The van der Waals surface area contributed by atoms with Gasteiger partial charge < -0.3 is 29.2 Å². The molecule has 0 amide bonds. The lowest BCUT2D eigenvalue weighted by Gasteiger charge is -2.61. The molecule has 0 heterocycles. The van der Waals surface area contributed by atoms with Gasteiger partial charge in [0.25, 0.3) is 0 Å². The summed E-state index contributed by atoms with van der Waals surface area (Å²) in [4.78, 5) is 2.39. The molecule has 0 saturated heterocycles. The monoisotopic (exact) mass is 539 g/mol. The highest BCUT2D eigenvalue weighted by atomic mass is 16.5. The van der Waals surface area contributed by atoms with Crippen LogP contribution in [0, 0.1) is 17.8 Å². The maximum Gasteiger partial charge on any atom is 0.124 e. The number of hydrogen-bond acceptors (Lipinski definition) is 7. The molecular formula is C32H45NO6. The lowest BCUT2D eigenvalue weighted by molar-refractivity contribution is -0.119. The molecule has 2 N–H and O–H groups in total. The molecule has 39 heavy (non-hydrogen) atoms. The molecule has 0 aromatic heterocycles. The van der Waals surface area contributed by atoms with Gasteiger partial charge in [-0.3, -0.25) is 4.90 Å². The first-order valence-corrected chi connectivity index (χ1v) is 14.5. The molecule has 0 aliphatic heterocycles. The molecule has 4 aliphatic rings. The van der Waals surface area contributed by atoms with Crippen molar-refractivity contribution in [2.45, 2.75) is 69.5 Å². The highest BCUT2D eigenvalue weighted by molar-refractivity contribution is 5.33. The Kier molecular flexibility index (Phi) is 9.46. The van der Waals surface area contributed by atoms with Gasteiger partial charge in [0.15, 0.2) is 0 Å². The number of β-amino-alcohol motifs (C(OH)–C–C–N with tert-alkyl or cyclic N) is 2. The molecule has 2 atom stereocenters. The molecule has 4 saturated carbocycles. The molecule has 0 spiro atoms. The van der Waals surface area contributed by atoms with Crippen molar-refractivity contribution in [1.82, 2.24) is 4.90 Å². The lowest BCUT2D eigenvalue weighted by atomic mass is 9.52. The fraction of sp³-hybridized carbons (Fsp3) is 0.625. The highest BCUT2D eigenvalue weighted by Crippen LogP contribution is 2.57. The van der Waals surface area contributed by atoms with E-state index in [2.05, 4.69) is 4.90 Å². The van der Waals surface area contributed by atoms with E-state index in [9.17, 15) is 10.2 Å². The second kappa shape index (κ2) is 13.0. The summed E-state index contributed by atoms with van der Waals surface area (Å²) in [5.41, 5.74) is 1.99. The molecule has 2 aromatic rings. The van der Waals surface area contributed by atoms with Crippen molar-refractivity contribution >= 4 is 0 Å². The third kappa shape index (κ3) is 6.95. The van der Waals surface area contributed by atoms with E-state index in [1.807, 2.05) is 48.5 Å². The van der Waals surface area contributed by atoms with Crippen LogP contribution in [0.25, 0.3) is 0 Å². The Balaban J connectivity index is 1.19. The summed E-state index contributed by atoms with van der Waals surface area (Å²) in [6, 6.07) is 15.6. The lowest BCUT2D eigenvalue weighted by Crippen LogP contribution is -2.62. The van der Waals surface area contributed by atoms with E-state index in [0.29, 0.717) is 26.3 Å². The van der Waals surface area contributed by atoms with Gasteiger partial charge in [-0.25, -0.2) is 0 Å². The van der Waals surface area contributed by atoms with Crippen LogP contribution in [0.4, 0.5) is 0 Å². The number of rotatable bonds is 15. The number of aliphatic hydroxyl groups is 2. The molecule has 6 rings (SSSR count). The van der Waals surface area contributed by atoms with Gasteiger partial charge in [0.2, 0.25) is 0 Å². The van der Waals surface area contributed by atoms with Crippen LogP contribution in [-0.2, 0) is 22.7 Å². The third-order valence-corrected chi connectivity index (χ3v) is 9.06. The van der Waals surface area contributed by atoms with Crippen LogP contribution in [0.2, 0.25) is 0 Å². The Bertz CT molecular complexity index is 964. The van der Waals surface area contributed by atoms with Gasteiger partial charge in [0.1, 0.15) is 11.5 Å². The van der Waals surface area contributed by atoms with Crippen LogP contribution >= 0.6 is 0 Å². The summed E-state index contributed by atoms with van der Waals surface area (Å²) in [5.74, 6) is 3.90. The fourth-order valence-corrected chi connectivity index (χ4v) is 7.78. The Morgan fingerprint density at radius 3 is 1.54 bits per heavy atom. The number of para-hydroxylation sites is 2. The van der Waals surface area contributed by atoms with Crippen molar-refractivity contribution in [2.24, 2.45) is 17.8 Å². The van der Waals surface area contributed by atoms with E-state index in [1.54, 1.807) is 14.2 Å². The maximum atomic E-state index is 11.1. The van der Waals surface area contributed by atoms with Crippen molar-refractivity contribution < 1.29 is 29.2 Å². The van der Waals surface area contributed by atoms with Gasteiger partial charge in [-0.15, -0.1) is 0 Å². The van der Waals surface area contributed by atoms with E-state index in [-0.39, 0.29) is 18.8 Å². The highest BCUT2D eigenvalue weighted by Gasteiger charge is 2.53. The SMILES string of the molecule is COc1ccccc1COC[C@@H](O)CN(C[C@@H](O)COCc1ccccc1OC)C12CC3CC(CC(C3)C1)C2. The Morgan fingerprint density at radius 1 is 0.718 bits per heavy atom. The van der Waals surface area contributed by atoms with Crippen molar-refractivity contribution in [1.29, 1.82) is 0 Å².